The summed E-state index contributed by atoms with van der Waals surface area (Å²) >= 11 is 0. The van der Waals surface area contributed by atoms with Crippen LogP contribution >= 0.6 is 0 Å². The maximum Gasteiger partial charge on any atom is 0.160 e. The van der Waals surface area contributed by atoms with E-state index < -0.39 is 5.41 Å². The summed E-state index contributed by atoms with van der Waals surface area (Å²) in [6.45, 7) is 0. The van der Waals surface area contributed by atoms with Gasteiger partial charge in [0, 0.05) is 54.9 Å². The van der Waals surface area contributed by atoms with Crippen LogP contribution < -0.4 is 0 Å². The predicted molar refractivity (Wildman–Crippen MR) is 344 cm³/mol. The first-order valence-electron chi connectivity index (χ1n) is 28.6. The van der Waals surface area contributed by atoms with Gasteiger partial charge in [0.25, 0.3) is 0 Å². The van der Waals surface area contributed by atoms with E-state index in [4.69, 9.17) is 9.97 Å². The number of rotatable bonds is 6. The van der Waals surface area contributed by atoms with Gasteiger partial charge in [0.15, 0.2) is 5.82 Å². The molecule has 13 aromatic carbocycles. The van der Waals surface area contributed by atoms with Crippen LogP contribution in [0.4, 0.5) is 0 Å². The zero-order valence-electron chi connectivity index (χ0n) is 45.0. The van der Waals surface area contributed by atoms with Gasteiger partial charge in [0.1, 0.15) is 0 Å². The first-order valence-corrected chi connectivity index (χ1v) is 28.6. The van der Waals surface area contributed by atoms with Crippen molar-refractivity contribution in [3.8, 4) is 78.7 Å². The fourth-order valence-electron chi connectivity index (χ4n) is 14.6. The van der Waals surface area contributed by atoms with Crippen molar-refractivity contribution >= 4 is 65.2 Å². The molecule has 0 N–H and O–H groups in total. The lowest BCUT2D eigenvalue weighted by molar-refractivity contribution is 0.748. The van der Waals surface area contributed by atoms with E-state index in [9.17, 15) is 0 Å². The second-order valence-corrected chi connectivity index (χ2v) is 22.3. The lowest BCUT2D eigenvalue weighted by Gasteiger charge is -2.39. The van der Waals surface area contributed by atoms with Crippen LogP contribution in [0.5, 0.6) is 0 Å². The van der Waals surface area contributed by atoms with Crippen LogP contribution in [0.1, 0.15) is 22.3 Å². The summed E-state index contributed by atoms with van der Waals surface area (Å²) in [4.78, 5) is 10.7. The number of aromatic nitrogens is 4. The molecule has 0 fully saturated rings. The van der Waals surface area contributed by atoms with Crippen LogP contribution in [-0.2, 0) is 5.41 Å². The fraction of sp³-hybridized carbons (Fsp3) is 0.0127. The highest BCUT2D eigenvalue weighted by Crippen LogP contribution is 2.63. The molecule has 4 nitrogen and oxygen atoms in total. The van der Waals surface area contributed by atoms with E-state index in [2.05, 4.69) is 300 Å². The summed E-state index contributed by atoms with van der Waals surface area (Å²) < 4.78 is 5.07. The molecule has 384 valence electrons. The summed E-state index contributed by atoms with van der Waals surface area (Å²) in [5.41, 5.74) is 23.8. The van der Waals surface area contributed by atoms with Gasteiger partial charge in [-0.25, -0.2) is 9.97 Å². The van der Waals surface area contributed by atoms with Crippen LogP contribution in [0.15, 0.2) is 291 Å². The molecule has 18 rings (SSSR count). The number of hydrogen-bond acceptors (Lipinski definition) is 2. The van der Waals surface area contributed by atoms with Crippen molar-refractivity contribution in [2.24, 2.45) is 0 Å². The van der Waals surface area contributed by atoms with E-state index in [0.717, 1.165) is 50.3 Å². The van der Waals surface area contributed by atoms with E-state index in [-0.39, 0.29) is 0 Å². The Balaban J connectivity index is 0.856. The predicted octanol–water partition coefficient (Wildman–Crippen LogP) is 20.0. The third-order valence-electron chi connectivity index (χ3n) is 18.1. The molecule has 2 aliphatic rings. The van der Waals surface area contributed by atoms with Crippen LogP contribution in [0.2, 0.25) is 0 Å². The van der Waals surface area contributed by atoms with Crippen LogP contribution in [-0.4, -0.2) is 19.1 Å². The molecule has 1 atom stereocenters. The van der Waals surface area contributed by atoms with Gasteiger partial charge in [-0.15, -0.1) is 0 Å². The summed E-state index contributed by atoms with van der Waals surface area (Å²) in [6, 6.07) is 107. The molecule has 1 aliphatic carbocycles. The van der Waals surface area contributed by atoms with Crippen LogP contribution in [0.3, 0.4) is 0 Å². The van der Waals surface area contributed by atoms with Crippen molar-refractivity contribution in [1.29, 1.82) is 0 Å². The van der Waals surface area contributed by atoms with Crippen molar-refractivity contribution in [3.63, 3.8) is 0 Å². The van der Waals surface area contributed by atoms with E-state index in [1.54, 1.807) is 0 Å². The summed E-state index contributed by atoms with van der Waals surface area (Å²) in [5.74, 6) is 0.686. The van der Waals surface area contributed by atoms with Crippen molar-refractivity contribution in [3.05, 3.63) is 313 Å². The minimum absolute atomic E-state index is 0.575. The molecule has 1 spiro atoms. The SMILES string of the molecule is c1ccc(-c2cccc(-c3cc(-c4ccc(-n5c6c(-c7cccc8c7-c7ccccc7C87c8ccccc8-n8c9ccccc9c9cccc7c98)cccc6c6ccc7ccccc7c65)cc4)nc(-c4ccc5ccccc5c4)n3)c2)cc1. The van der Waals surface area contributed by atoms with Crippen molar-refractivity contribution in [1.82, 2.24) is 19.1 Å². The molecule has 0 radical (unpaired) electrons. The van der Waals surface area contributed by atoms with Crippen LogP contribution in [0.25, 0.3) is 144 Å². The number of para-hydroxylation sites is 4. The van der Waals surface area contributed by atoms with Crippen molar-refractivity contribution in [2.45, 2.75) is 5.41 Å². The average molecular weight is 1050 g/mol. The Morgan fingerprint density at radius 2 is 0.855 bits per heavy atom. The quantitative estimate of drug-likeness (QED) is 0.166. The largest absolute Gasteiger partial charge is 0.309 e. The molecule has 4 heterocycles. The third-order valence-corrected chi connectivity index (χ3v) is 18.1. The lowest BCUT2D eigenvalue weighted by Crippen LogP contribution is -2.33. The Morgan fingerprint density at radius 1 is 0.277 bits per heavy atom. The van der Waals surface area contributed by atoms with E-state index in [1.807, 2.05) is 0 Å². The normalized spacial score (nSPS) is 14.1. The Labute approximate surface area is 479 Å². The molecule has 1 aliphatic heterocycles. The topological polar surface area (TPSA) is 35.6 Å². The van der Waals surface area contributed by atoms with Crippen molar-refractivity contribution in [2.75, 3.05) is 0 Å². The Morgan fingerprint density at radius 3 is 1.73 bits per heavy atom. The van der Waals surface area contributed by atoms with E-state index >= 15 is 0 Å². The minimum Gasteiger partial charge on any atom is -0.309 e. The molecular formula is C79H48N4. The van der Waals surface area contributed by atoms with E-state index in [1.165, 1.54) is 110 Å². The zero-order chi connectivity index (χ0) is 54.3. The molecule has 4 heteroatoms. The van der Waals surface area contributed by atoms with Gasteiger partial charge < -0.3 is 9.13 Å². The smallest absolute Gasteiger partial charge is 0.160 e. The summed E-state index contributed by atoms with van der Waals surface area (Å²) in [7, 11) is 0. The molecule has 3 aromatic heterocycles. The molecule has 0 amide bonds. The molecule has 83 heavy (non-hydrogen) atoms. The number of fused-ring (bicyclic) bond motifs is 18. The first kappa shape index (κ1) is 45.9. The summed E-state index contributed by atoms with van der Waals surface area (Å²) in [5, 5.41) is 9.72. The van der Waals surface area contributed by atoms with Crippen LogP contribution in [0, 0.1) is 0 Å². The van der Waals surface area contributed by atoms with Gasteiger partial charge in [-0.05, 0) is 109 Å². The van der Waals surface area contributed by atoms with Gasteiger partial charge >= 0.3 is 0 Å². The maximum absolute atomic E-state index is 5.39. The van der Waals surface area contributed by atoms with Gasteiger partial charge in [0.2, 0.25) is 0 Å². The molecule has 16 aromatic rings. The third kappa shape index (κ3) is 6.52. The number of benzene rings is 13. The number of nitrogens with zero attached hydrogens (tertiary/aromatic N) is 4. The molecule has 0 saturated heterocycles. The fourth-order valence-corrected chi connectivity index (χ4v) is 14.6. The molecular weight excluding hydrogens is 1000 g/mol. The Bertz CT molecular complexity index is 5390. The highest BCUT2D eigenvalue weighted by Gasteiger charge is 2.51. The van der Waals surface area contributed by atoms with Gasteiger partial charge in [-0.1, -0.05) is 249 Å². The molecule has 0 bridgehead atoms. The van der Waals surface area contributed by atoms with E-state index in [0.29, 0.717) is 5.82 Å². The van der Waals surface area contributed by atoms with Crippen molar-refractivity contribution < 1.29 is 0 Å². The monoisotopic (exact) mass is 1050 g/mol. The molecule has 0 saturated carbocycles. The second-order valence-electron chi connectivity index (χ2n) is 22.3. The minimum atomic E-state index is -0.575. The van der Waals surface area contributed by atoms with Gasteiger partial charge in [-0.2, -0.15) is 0 Å². The first-order chi connectivity index (χ1) is 41.2. The zero-order valence-corrected chi connectivity index (χ0v) is 45.0. The highest BCUT2D eigenvalue weighted by molar-refractivity contribution is 6.22. The standard InChI is InChI=1S/C79H48N4/c1-2-18-49(19-3-1)54-23-14-24-55(46-54)71-48-70(80-78(81-71)56-39-38-50-20-4-5-22-53(50)47-56)52-40-43-57(44-41-52)82-75-58-25-7-6-21-51(58)42-45-64(75)63-30-15-29-62(76(63)82)60-28-16-34-68-74(60)65-27-8-10-32-66(65)79(68)67-33-11-13-37-73(67)83-72-36-12-9-26-59(72)61-31-17-35-69(79)77(61)83/h1-48H. The number of hydrogen-bond donors (Lipinski definition) is 0. The second kappa shape index (κ2) is 17.5. The Kier molecular flexibility index (Phi) is 9.69. The van der Waals surface area contributed by atoms with Gasteiger partial charge in [-0.3, -0.25) is 0 Å². The van der Waals surface area contributed by atoms with Gasteiger partial charge in [0.05, 0.1) is 44.6 Å². The molecule has 1 unspecified atom stereocenters. The average Bonchev–Trinajstić information content (AvgIpc) is 1.58. The Hall–Kier alpha value is -10.9. The summed E-state index contributed by atoms with van der Waals surface area (Å²) in [6.07, 6.45) is 0. The lowest BCUT2D eigenvalue weighted by atomic mass is 9.65. The highest BCUT2D eigenvalue weighted by atomic mass is 15.0. The maximum atomic E-state index is 5.39.